The summed E-state index contributed by atoms with van der Waals surface area (Å²) in [5.41, 5.74) is 12.5. The van der Waals surface area contributed by atoms with Gasteiger partial charge >= 0.3 is 5.97 Å². The van der Waals surface area contributed by atoms with E-state index in [2.05, 4.69) is 16.6 Å². The van der Waals surface area contributed by atoms with E-state index < -0.39 is 34.0 Å². The van der Waals surface area contributed by atoms with Crippen LogP contribution in [0.2, 0.25) is 0 Å². The third kappa shape index (κ3) is 8.71. The smallest absolute Gasteiger partial charge is 0.326 e. The quantitative estimate of drug-likeness (QED) is 0.133. The van der Waals surface area contributed by atoms with Gasteiger partial charge in [0.05, 0.1) is 4.90 Å². The Morgan fingerprint density at radius 2 is 2.03 bits per heavy atom. The molecule has 1 amide bonds. The van der Waals surface area contributed by atoms with Crippen molar-refractivity contribution < 1.29 is 61.3 Å². The van der Waals surface area contributed by atoms with Crippen molar-refractivity contribution in [2.75, 3.05) is 13.1 Å². The molecule has 37 heavy (non-hydrogen) atoms. The van der Waals surface area contributed by atoms with Gasteiger partial charge < -0.3 is 32.9 Å². The molecule has 2 aliphatic rings. The summed E-state index contributed by atoms with van der Waals surface area (Å²) in [6.45, 7) is 4.50. The van der Waals surface area contributed by atoms with Crippen LogP contribution in [0.5, 0.6) is 0 Å². The Morgan fingerprint density at radius 3 is 2.68 bits per heavy atom. The Kier molecular flexibility index (Phi) is 13.1. The molecule has 13 heteroatoms. The van der Waals surface area contributed by atoms with E-state index >= 15 is 0 Å². The number of piperidine rings is 1. The molecule has 0 saturated carbocycles. The number of nitrogens with two attached hydrogens (primary N) is 2. The first-order valence-electron chi connectivity index (χ1n) is 12.0. The van der Waals surface area contributed by atoms with Crippen molar-refractivity contribution >= 4 is 27.9 Å². The SMILES string of the molecule is C[C-]1CCc2c(cccc2S(=O)(=O)N[C@@H](CCCN=C(N)N)C(=O)N2CC[C@@H](C)C[C@@H]2C(=O)O)C1.O.[Y]. The second kappa shape index (κ2) is 14.5. The van der Waals surface area contributed by atoms with Gasteiger partial charge in [-0.1, -0.05) is 31.0 Å². The van der Waals surface area contributed by atoms with Crippen LogP contribution in [0.4, 0.5) is 0 Å². The molecule has 1 aliphatic heterocycles. The second-order valence-electron chi connectivity index (χ2n) is 9.67. The van der Waals surface area contributed by atoms with Crippen molar-refractivity contribution in [3.8, 4) is 0 Å². The van der Waals surface area contributed by atoms with E-state index in [1.165, 1.54) is 10.8 Å². The van der Waals surface area contributed by atoms with Crippen molar-refractivity contribution in [3.05, 3.63) is 35.2 Å². The summed E-state index contributed by atoms with van der Waals surface area (Å²) < 4.78 is 29.6. The van der Waals surface area contributed by atoms with Crippen LogP contribution in [0.1, 0.15) is 57.1 Å². The predicted molar refractivity (Wildman–Crippen MR) is 137 cm³/mol. The zero-order valence-corrected chi connectivity index (χ0v) is 25.1. The number of nitrogens with zero attached hydrogens (tertiary/aromatic N) is 2. The zero-order chi connectivity index (χ0) is 25.8. The molecule has 3 rings (SSSR count). The number of aliphatic carboxylic acids is 1. The van der Waals surface area contributed by atoms with E-state index in [1.54, 1.807) is 12.1 Å². The number of carboxylic acids is 1. The Labute approximate surface area is 244 Å². The normalized spacial score (nSPS) is 20.5. The van der Waals surface area contributed by atoms with Crippen LogP contribution in [0, 0.1) is 11.8 Å². The van der Waals surface area contributed by atoms with E-state index in [9.17, 15) is 23.1 Å². The average Bonchev–Trinajstić information content (AvgIpc) is 2.79. The van der Waals surface area contributed by atoms with Gasteiger partial charge in [0, 0.05) is 45.8 Å². The molecule has 0 bridgehead atoms. The fourth-order valence-corrected chi connectivity index (χ4v) is 6.43. The van der Waals surface area contributed by atoms with Crippen LogP contribution in [0.25, 0.3) is 0 Å². The zero-order valence-electron chi connectivity index (χ0n) is 21.4. The Bertz CT molecular complexity index is 1080. The monoisotopic (exact) mass is 613 g/mol. The summed E-state index contributed by atoms with van der Waals surface area (Å²) in [5, 5.41) is 9.72. The fraction of sp³-hybridized carbons (Fsp3) is 0.583. The van der Waals surface area contributed by atoms with Gasteiger partial charge in [-0.3, -0.25) is 9.79 Å². The minimum atomic E-state index is -4.04. The number of fused-ring (bicyclic) bond motifs is 1. The van der Waals surface area contributed by atoms with E-state index in [0.717, 1.165) is 24.0 Å². The molecule has 1 radical (unpaired) electrons. The number of likely N-dealkylation sites (tertiary alicyclic amines) is 1. The summed E-state index contributed by atoms with van der Waals surface area (Å²) in [4.78, 5) is 30.8. The Hall–Kier alpha value is -1.60. The van der Waals surface area contributed by atoms with Gasteiger partial charge in [-0.25, -0.2) is 13.2 Å². The number of rotatable bonds is 9. The maximum Gasteiger partial charge on any atom is 0.326 e. The Balaban J connectivity index is 0.00000342. The molecule has 11 nitrogen and oxygen atoms in total. The number of hydrogen-bond donors (Lipinski definition) is 4. The number of nitrogens with one attached hydrogen (secondary N) is 1. The third-order valence-electron chi connectivity index (χ3n) is 6.79. The van der Waals surface area contributed by atoms with Crippen molar-refractivity contribution in [1.82, 2.24) is 9.62 Å². The van der Waals surface area contributed by atoms with Gasteiger partial charge in [-0.05, 0) is 43.2 Å². The fourth-order valence-electron chi connectivity index (χ4n) is 4.89. The molecule has 1 heterocycles. The first kappa shape index (κ1) is 33.4. The number of hydrogen-bond acceptors (Lipinski definition) is 5. The van der Waals surface area contributed by atoms with Crippen molar-refractivity contribution in [2.24, 2.45) is 22.4 Å². The van der Waals surface area contributed by atoms with Gasteiger partial charge in [0.15, 0.2) is 5.96 Å². The van der Waals surface area contributed by atoms with Crippen molar-refractivity contribution in [3.63, 3.8) is 0 Å². The molecular formula is C24H38N5O6SY-. The van der Waals surface area contributed by atoms with Crippen LogP contribution in [0.3, 0.4) is 0 Å². The maximum absolute atomic E-state index is 13.5. The molecule has 3 atom stereocenters. The van der Waals surface area contributed by atoms with Crippen LogP contribution >= 0.6 is 0 Å². The molecule has 8 N–H and O–H groups in total. The number of carbonyl (C=O) groups is 2. The summed E-state index contributed by atoms with van der Waals surface area (Å²) in [6.07, 6.45) is 3.63. The molecule has 1 saturated heterocycles. The average molecular weight is 614 g/mol. The third-order valence-corrected chi connectivity index (χ3v) is 8.34. The first-order chi connectivity index (χ1) is 16.5. The number of sulfonamides is 1. The second-order valence-corrected chi connectivity index (χ2v) is 11.3. The van der Waals surface area contributed by atoms with Crippen LogP contribution in [-0.4, -0.2) is 66.9 Å². The number of carboxylic acid groups (broad SMARTS) is 1. The minimum Gasteiger partial charge on any atom is -0.480 e. The number of carbonyl (C=O) groups excluding carboxylic acids is 1. The largest absolute Gasteiger partial charge is 0.480 e. The molecular weight excluding hydrogens is 575 g/mol. The van der Waals surface area contributed by atoms with E-state index in [4.69, 9.17) is 11.5 Å². The summed E-state index contributed by atoms with van der Waals surface area (Å²) in [7, 11) is -4.04. The van der Waals surface area contributed by atoms with Crippen molar-refractivity contribution in [1.29, 1.82) is 0 Å². The molecule has 0 unspecified atom stereocenters. The molecule has 205 valence electrons. The standard InChI is InChI=1S/C24H36N5O5S.H2O.Y/c1-15-8-9-18-17(13-15)5-3-7-21(18)35(33,34)28-19(6-4-11-27-24(25)26)22(30)29-12-10-16(2)14-20(29)23(31)32;;/h3,5,7,16,19-20,28H,4,6,8-14H2,1-2H3,(H,31,32)(H4,25,26,27);1H2;/q-1;;/t16-,19+,20-;;/m1../s1. The maximum atomic E-state index is 13.5. The number of guanidine groups is 1. The molecule has 0 spiro atoms. The summed E-state index contributed by atoms with van der Waals surface area (Å²) >= 11 is 0. The number of amides is 1. The van der Waals surface area contributed by atoms with Gasteiger partial charge in [0.25, 0.3) is 0 Å². The summed E-state index contributed by atoms with van der Waals surface area (Å²) in [5.74, 6) is -0.255. The first-order valence-corrected chi connectivity index (χ1v) is 13.5. The van der Waals surface area contributed by atoms with Crippen LogP contribution in [0.15, 0.2) is 28.1 Å². The molecule has 1 aromatic rings. The van der Waals surface area contributed by atoms with E-state index in [0.29, 0.717) is 25.7 Å². The Morgan fingerprint density at radius 1 is 1.32 bits per heavy atom. The summed E-state index contributed by atoms with van der Waals surface area (Å²) in [6, 6.07) is 3.09. The topological polar surface area (TPSA) is 200 Å². The van der Waals surface area contributed by atoms with Crippen molar-refractivity contribution in [2.45, 2.75) is 75.8 Å². The van der Waals surface area contributed by atoms with E-state index in [1.807, 2.05) is 13.0 Å². The molecule has 1 aliphatic carbocycles. The molecule has 0 aromatic heterocycles. The molecule has 1 aromatic carbocycles. The van der Waals surface area contributed by atoms with Crippen LogP contribution < -0.4 is 16.2 Å². The molecule has 1 fully saturated rings. The predicted octanol–water partition coefficient (Wildman–Crippen LogP) is 0.355. The number of aliphatic imine (C=N–C) groups is 1. The van der Waals surface area contributed by atoms with Gasteiger partial charge in [0.1, 0.15) is 12.1 Å². The number of benzene rings is 1. The van der Waals surface area contributed by atoms with Gasteiger partial charge in [-0.2, -0.15) is 24.5 Å². The van der Waals surface area contributed by atoms with Gasteiger partial charge in [0.2, 0.25) is 15.9 Å². The minimum absolute atomic E-state index is 0. The van der Waals surface area contributed by atoms with Crippen LogP contribution in [-0.2, 0) is 65.2 Å². The van der Waals surface area contributed by atoms with E-state index in [-0.39, 0.29) is 74.5 Å². The van der Waals surface area contributed by atoms with Gasteiger partial charge in [-0.15, -0.1) is 0 Å².